The van der Waals surface area contributed by atoms with Crippen LogP contribution in [0.2, 0.25) is 0 Å². The smallest absolute Gasteiger partial charge is 0.348 e. The van der Waals surface area contributed by atoms with E-state index in [1.165, 1.54) is 6.08 Å². The van der Waals surface area contributed by atoms with E-state index in [9.17, 15) is 19.6 Å². The van der Waals surface area contributed by atoms with Crippen molar-refractivity contribution in [1.82, 2.24) is 0 Å². The molecule has 1 amide bonds. The number of carbonyl (C=O) groups excluding carboxylic acids is 3. The van der Waals surface area contributed by atoms with Crippen molar-refractivity contribution in [3.8, 4) is 11.8 Å². The van der Waals surface area contributed by atoms with E-state index >= 15 is 0 Å². The summed E-state index contributed by atoms with van der Waals surface area (Å²) in [7, 11) is 0. The Balaban J connectivity index is 2.33. The quantitative estimate of drug-likeness (QED) is 0.303. The van der Waals surface area contributed by atoms with Crippen molar-refractivity contribution in [2.24, 2.45) is 0 Å². The zero-order valence-corrected chi connectivity index (χ0v) is 19.8. The molecule has 8 nitrogen and oxygen atoms in total. The van der Waals surface area contributed by atoms with Gasteiger partial charge in [0.05, 0.1) is 25.4 Å². The summed E-state index contributed by atoms with van der Waals surface area (Å²) in [5.41, 5.74) is 0.867. The molecule has 0 bridgehead atoms. The molecule has 1 N–H and O–H groups in total. The normalized spacial score (nSPS) is 10.8. The van der Waals surface area contributed by atoms with Gasteiger partial charge in [-0.25, -0.2) is 9.59 Å². The fraction of sp³-hybridized carbons (Fsp3) is 0.333. The van der Waals surface area contributed by atoms with Gasteiger partial charge in [0.15, 0.2) is 0 Å². The van der Waals surface area contributed by atoms with Crippen molar-refractivity contribution in [2.45, 2.75) is 34.1 Å². The predicted octanol–water partition coefficient (Wildman–Crippen LogP) is 4.74. The number of thiophene rings is 1. The second-order valence-electron chi connectivity index (χ2n) is 6.74. The summed E-state index contributed by atoms with van der Waals surface area (Å²) in [4.78, 5) is 37.8. The molecular formula is C24H26N2O6S. The number of esters is 2. The molecule has 174 valence electrons. The number of benzene rings is 1. The van der Waals surface area contributed by atoms with Crippen LogP contribution in [-0.2, 0) is 14.3 Å². The highest BCUT2D eigenvalue weighted by Gasteiger charge is 2.27. The van der Waals surface area contributed by atoms with E-state index in [2.05, 4.69) is 5.32 Å². The van der Waals surface area contributed by atoms with E-state index in [0.717, 1.165) is 17.8 Å². The number of anilines is 1. The zero-order valence-electron chi connectivity index (χ0n) is 19.0. The van der Waals surface area contributed by atoms with Crippen LogP contribution in [0, 0.1) is 18.3 Å². The number of nitrogens with one attached hydrogen (secondary N) is 1. The number of nitriles is 1. The lowest BCUT2D eigenvalue weighted by atomic mass is 10.1. The standard InChI is InChI=1S/C24H26N2O6S/c1-5-12-32-18-10-8-16(9-11-18)13-17(14-25)21(27)26-22-19(23(28)30-6-2)15(4)20(33-22)24(29)31-7-3/h8-11,13H,5-7,12H2,1-4H3,(H,26,27)/b17-13+. The Kier molecular flexibility index (Phi) is 9.63. The van der Waals surface area contributed by atoms with Gasteiger partial charge in [-0.1, -0.05) is 19.1 Å². The summed E-state index contributed by atoms with van der Waals surface area (Å²) in [6, 6.07) is 8.84. The monoisotopic (exact) mass is 470 g/mol. The highest BCUT2D eigenvalue weighted by atomic mass is 32.1. The number of carbonyl (C=O) groups is 3. The summed E-state index contributed by atoms with van der Waals surface area (Å²) in [6.45, 7) is 7.79. The average Bonchev–Trinajstić information content (AvgIpc) is 3.12. The predicted molar refractivity (Wildman–Crippen MR) is 125 cm³/mol. The molecule has 0 saturated carbocycles. The van der Waals surface area contributed by atoms with E-state index in [1.54, 1.807) is 45.0 Å². The maximum atomic E-state index is 12.8. The van der Waals surface area contributed by atoms with E-state index < -0.39 is 17.8 Å². The molecule has 0 unspecified atom stereocenters. The van der Waals surface area contributed by atoms with Crippen LogP contribution in [-0.4, -0.2) is 37.7 Å². The summed E-state index contributed by atoms with van der Waals surface area (Å²) >= 11 is 0.900. The van der Waals surface area contributed by atoms with Crippen LogP contribution in [0.1, 0.15) is 58.3 Å². The van der Waals surface area contributed by atoms with Gasteiger partial charge in [0, 0.05) is 0 Å². The van der Waals surface area contributed by atoms with Gasteiger partial charge in [-0.15, -0.1) is 11.3 Å². The Morgan fingerprint density at radius 1 is 1.06 bits per heavy atom. The third-order valence-corrected chi connectivity index (χ3v) is 5.53. The fourth-order valence-electron chi connectivity index (χ4n) is 2.81. The van der Waals surface area contributed by atoms with Crippen molar-refractivity contribution in [3.63, 3.8) is 0 Å². The Morgan fingerprint density at radius 3 is 2.27 bits per heavy atom. The molecule has 2 aromatic rings. The lowest BCUT2D eigenvalue weighted by Gasteiger charge is -2.07. The van der Waals surface area contributed by atoms with Gasteiger partial charge in [0.25, 0.3) is 5.91 Å². The second-order valence-corrected chi connectivity index (χ2v) is 7.76. The maximum absolute atomic E-state index is 12.8. The van der Waals surface area contributed by atoms with Crippen molar-refractivity contribution < 1.29 is 28.6 Å². The highest BCUT2D eigenvalue weighted by molar-refractivity contribution is 7.18. The summed E-state index contributed by atoms with van der Waals surface area (Å²) in [5.74, 6) is -1.31. The largest absolute Gasteiger partial charge is 0.494 e. The van der Waals surface area contributed by atoms with Crippen molar-refractivity contribution in [2.75, 3.05) is 25.1 Å². The third-order valence-electron chi connectivity index (χ3n) is 4.34. The van der Waals surface area contributed by atoms with Gasteiger partial charge in [0.1, 0.15) is 27.3 Å². The van der Waals surface area contributed by atoms with Crippen LogP contribution >= 0.6 is 11.3 Å². The summed E-state index contributed by atoms with van der Waals surface area (Å²) < 4.78 is 15.6. The van der Waals surface area contributed by atoms with Crippen LogP contribution in [0.3, 0.4) is 0 Å². The molecule has 0 aliphatic heterocycles. The SMILES string of the molecule is CCCOc1ccc(/C=C(\C#N)C(=O)Nc2sc(C(=O)OCC)c(C)c2C(=O)OCC)cc1. The first-order chi connectivity index (χ1) is 15.9. The first-order valence-corrected chi connectivity index (χ1v) is 11.3. The van der Waals surface area contributed by atoms with Crippen LogP contribution in [0.4, 0.5) is 5.00 Å². The van der Waals surface area contributed by atoms with E-state index in [-0.39, 0.29) is 34.2 Å². The first-order valence-electron chi connectivity index (χ1n) is 10.5. The van der Waals surface area contributed by atoms with Crippen LogP contribution < -0.4 is 10.1 Å². The molecule has 2 rings (SSSR count). The number of hydrogen-bond donors (Lipinski definition) is 1. The van der Waals surface area contributed by atoms with Gasteiger partial charge >= 0.3 is 11.9 Å². The number of nitrogens with zero attached hydrogens (tertiary/aromatic N) is 1. The average molecular weight is 471 g/mol. The molecule has 1 aromatic heterocycles. The lowest BCUT2D eigenvalue weighted by Crippen LogP contribution is -2.16. The van der Waals surface area contributed by atoms with Crippen molar-refractivity contribution >= 4 is 40.3 Å². The van der Waals surface area contributed by atoms with Gasteiger partial charge in [0.2, 0.25) is 0 Å². The molecule has 0 aliphatic carbocycles. The second kappa shape index (κ2) is 12.4. The number of amides is 1. The molecule has 0 saturated heterocycles. The molecule has 1 aromatic carbocycles. The van der Waals surface area contributed by atoms with E-state index in [0.29, 0.717) is 23.5 Å². The molecule has 0 fully saturated rings. The van der Waals surface area contributed by atoms with E-state index in [1.807, 2.05) is 13.0 Å². The van der Waals surface area contributed by atoms with Crippen LogP contribution in [0.15, 0.2) is 29.8 Å². The van der Waals surface area contributed by atoms with Crippen LogP contribution in [0.5, 0.6) is 5.75 Å². The molecular weight excluding hydrogens is 444 g/mol. The minimum atomic E-state index is -0.717. The summed E-state index contributed by atoms with van der Waals surface area (Å²) in [6.07, 6.45) is 2.31. The zero-order chi connectivity index (χ0) is 24.4. The molecule has 0 radical (unpaired) electrons. The first kappa shape index (κ1) is 25.6. The topological polar surface area (TPSA) is 115 Å². The van der Waals surface area contributed by atoms with Gasteiger partial charge in [-0.3, -0.25) is 4.79 Å². The minimum Gasteiger partial charge on any atom is -0.494 e. The molecule has 0 atom stereocenters. The van der Waals surface area contributed by atoms with Gasteiger partial charge < -0.3 is 19.5 Å². The molecule has 0 spiro atoms. The minimum absolute atomic E-state index is 0.0629. The molecule has 1 heterocycles. The Morgan fingerprint density at radius 2 is 1.70 bits per heavy atom. The Hall–Kier alpha value is -3.64. The van der Waals surface area contributed by atoms with E-state index in [4.69, 9.17) is 14.2 Å². The molecule has 0 aliphatic rings. The van der Waals surface area contributed by atoms with Gasteiger partial charge in [-0.05, 0) is 56.5 Å². The number of hydrogen-bond acceptors (Lipinski definition) is 8. The number of ether oxygens (including phenoxy) is 3. The lowest BCUT2D eigenvalue weighted by molar-refractivity contribution is -0.112. The third kappa shape index (κ3) is 6.67. The van der Waals surface area contributed by atoms with Crippen LogP contribution in [0.25, 0.3) is 6.08 Å². The van der Waals surface area contributed by atoms with Crippen molar-refractivity contribution in [1.29, 1.82) is 5.26 Å². The summed E-state index contributed by atoms with van der Waals surface area (Å²) in [5, 5.41) is 12.2. The molecule has 33 heavy (non-hydrogen) atoms. The maximum Gasteiger partial charge on any atom is 0.348 e. The fourth-order valence-corrected chi connectivity index (χ4v) is 3.89. The van der Waals surface area contributed by atoms with Crippen molar-refractivity contribution in [3.05, 3.63) is 51.4 Å². The van der Waals surface area contributed by atoms with Gasteiger partial charge in [-0.2, -0.15) is 5.26 Å². The highest BCUT2D eigenvalue weighted by Crippen LogP contribution is 2.34. The number of rotatable bonds is 10. The molecule has 9 heteroatoms. The Bertz CT molecular complexity index is 1080. The Labute approximate surface area is 196 Å².